The summed E-state index contributed by atoms with van der Waals surface area (Å²) in [6.45, 7) is 0. The molecule has 0 radical (unpaired) electrons. The molecule has 3 N–H and O–H groups in total. The smallest absolute Gasteiger partial charge is 0.261 e. The molecule has 0 saturated carbocycles. The molecule has 0 aliphatic rings. The van der Waals surface area contributed by atoms with Crippen LogP contribution in [0.4, 0.5) is 21.5 Å². The van der Waals surface area contributed by atoms with Crippen molar-refractivity contribution in [3.05, 3.63) is 82.6 Å². The lowest BCUT2D eigenvalue weighted by Gasteiger charge is -2.16. The summed E-state index contributed by atoms with van der Waals surface area (Å²) < 4.78 is 40.7. The Hall–Kier alpha value is -2.39. The standard InChI is InChI=1S/C19H14Cl2FN3O2S2/c20-12-5-10-16(15(21)11-12)23-19(28)24-17-3-1-2-4-18(17)25-29(26,27)14-8-6-13(22)7-9-14/h1-11,25H,(H2,23,24,28). The largest absolute Gasteiger partial charge is 0.331 e. The fourth-order valence-corrected chi connectivity index (χ4v) is 4.12. The number of para-hydroxylation sites is 2. The molecule has 0 aliphatic carbocycles. The zero-order chi connectivity index (χ0) is 21.0. The van der Waals surface area contributed by atoms with E-state index in [9.17, 15) is 12.8 Å². The molecule has 0 aliphatic heterocycles. The van der Waals surface area contributed by atoms with Gasteiger partial charge in [0.05, 0.1) is 27.0 Å². The zero-order valence-electron chi connectivity index (χ0n) is 14.6. The van der Waals surface area contributed by atoms with Crippen LogP contribution in [0.5, 0.6) is 0 Å². The van der Waals surface area contributed by atoms with Crippen molar-refractivity contribution < 1.29 is 12.8 Å². The van der Waals surface area contributed by atoms with E-state index in [0.29, 0.717) is 21.4 Å². The Kier molecular flexibility index (Phi) is 6.59. The highest BCUT2D eigenvalue weighted by Gasteiger charge is 2.16. The van der Waals surface area contributed by atoms with E-state index in [1.54, 1.807) is 42.5 Å². The number of nitrogens with one attached hydrogen (secondary N) is 3. The Morgan fingerprint density at radius 2 is 1.48 bits per heavy atom. The minimum Gasteiger partial charge on any atom is -0.331 e. The fraction of sp³-hybridized carbons (Fsp3) is 0. The van der Waals surface area contributed by atoms with Crippen molar-refractivity contribution in [3.63, 3.8) is 0 Å². The van der Waals surface area contributed by atoms with Gasteiger partial charge < -0.3 is 10.6 Å². The van der Waals surface area contributed by atoms with Gasteiger partial charge in [-0.2, -0.15) is 0 Å². The van der Waals surface area contributed by atoms with E-state index < -0.39 is 15.8 Å². The van der Waals surface area contributed by atoms with Gasteiger partial charge >= 0.3 is 0 Å². The number of halogens is 3. The molecule has 3 aromatic rings. The monoisotopic (exact) mass is 469 g/mol. The third-order valence-corrected chi connectivity index (χ3v) is 5.86. The van der Waals surface area contributed by atoms with Gasteiger partial charge in [-0.1, -0.05) is 35.3 Å². The minimum absolute atomic E-state index is 0.0673. The molecule has 0 fully saturated rings. The topological polar surface area (TPSA) is 70.2 Å². The quantitative estimate of drug-likeness (QED) is 0.415. The summed E-state index contributed by atoms with van der Waals surface area (Å²) in [7, 11) is -3.91. The molecule has 29 heavy (non-hydrogen) atoms. The summed E-state index contributed by atoms with van der Waals surface area (Å²) in [5.41, 5.74) is 1.22. The van der Waals surface area contributed by atoms with Gasteiger partial charge in [0.2, 0.25) is 0 Å². The lowest BCUT2D eigenvalue weighted by molar-refractivity contribution is 0.599. The molecule has 0 atom stereocenters. The second kappa shape index (κ2) is 8.96. The number of hydrogen-bond donors (Lipinski definition) is 3. The van der Waals surface area contributed by atoms with E-state index in [4.69, 9.17) is 35.4 Å². The van der Waals surface area contributed by atoms with Crippen LogP contribution >= 0.6 is 35.4 Å². The molecule has 3 rings (SSSR count). The maximum absolute atomic E-state index is 13.1. The van der Waals surface area contributed by atoms with Crippen LogP contribution in [0.25, 0.3) is 0 Å². The Bertz CT molecular complexity index is 1160. The van der Waals surface area contributed by atoms with E-state index >= 15 is 0 Å². The third kappa shape index (κ3) is 5.57. The van der Waals surface area contributed by atoms with E-state index in [1.807, 2.05) is 0 Å². The predicted molar refractivity (Wildman–Crippen MR) is 120 cm³/mol. The summed E-state index contributed by atoms with van der Waals surface area (Å²) in [6.07, 6.45) is 0. The van der Waals surface area contributed by atoms with Crippen LogP contribution in [0.2, 0.25) is 10.0 Å². The highest BCUT2D eigenvalue weighted by Crippen LogP contribution is 2.27. The van der Waals surface area contributed by atoms with Crippen LogP contribution in [0, 0.1) is 5.82 Å². The van der Waals surface area contributed by atoms with Crippen molar-refractivity contribution in [1.29, 1.82) is 0 Å². The highest BCUT2D eigenvalue weighted by atomic mass is 35.5. The van der Waals surface area contributed by atoms with E-state index in [1.165, 1.54) is 12.1 Å². The molecule has 150 valence electrons. The normalized spacial score (nSPS) is 11.0. The van der Waals surface area contributed by atoms with Crippen LogP contribution in [0.3, 0.4) is 0 Å². The molecule has 0 amide bonds. The molecule has 0 heterocycles. The number of benzene rings is 3. The molecule has 0 unspecified atom stereocenters. The second-order valence-electron chi connectivity index (χ2n) is 5.81. The highest BCUT2D eigenvalue weighted by molar-refractivity contribution is 7.92. The van der Waals surface area contributed by atoms with Gasteiger partial charge in [-0.3, -0.25) is 4.72 Å². The van der Waals surface area contributed by atoms with Gasteiger partial charge in [0.15, 0.2) is 5.11 Å². The first kappa shape index (κ1) is 21.3. The van der Waals surface area contributed by atoms with Gasteiger partial charge in [-0.25, -0.2) is 12.8 Å². The molecular weight excluding hydrogens is 456 g/mol. The lowest BCUT2D eigenvalue weighted by atomic mass is 10.3. The average Bonchev–Trinajstić information content (AvgIpc) is 2.66. The lowest BCUT2D eigenvalue weighted by Crippen LogP contribution is -2.21. The number of sulfonamides is 1. The van der Waals surface area contributed by atoms with Crippen LogP contribution < -0.4 is 15.4 Å². The first-order chi connectivity index (χ1) is 13.7. The van der Waals surface area contributed by atoms with E-state index in [0.717, 1.165) is 12.1 Å². The van der Waals surface area contributed by atoms with Crippen LogP contribution in [0.15, 0.2) is 71.6 Å². The van der Waals surface area contributed by atoms with Crippen molar-refractivity contribution >= 4 is 67.6 Å². The molecule has 5 nitrogen and oxygen atoms in total. The van der Waals surface area contributed by atoms with Crippen molar-refractivity contribution in [2.24, 2.45) is 0 Å². The summed E-state index contributed by atoms with van der Waals surface area (Å²) in [5, 5.41) is 6.91. The van der Waals surface area contributed by atoms with Crippen molar-refractivity contribution in [3.8, 4) is 0 Å². The molecule has 0 aromatic heterocycles. The minimum atomic E-state index is -3.91. The Morgan fingerprint density at radius 1 is 0.862 bits per heavy atom. The van der Waals surface area contributed by atoms with Crippen LogP contribution in [-0.4, -0.2) is 13.5 Å². The van der Waals surface area contributed by atoms with Gasteiger partial charge in [0.1, 0.15) is 5.82 Å². The number of hydrogen-bond acceptors (Lipinski definition) is 3. The second-order valence-corrected chi connectivity index (χ2v) is 8.74. The van der Waals surface area contributed by atoms with Gasteiger partial charge in [-0.15, -0.1) is 0 Å². The maximum atomic E-state index is 13.1. The first-order valence-electron chi connectivity index (χ1n) is 8.15. The Balaban J connectivity index is 1.78. The molecule has 0 saturated heterocycles. The molecule has 10 heteroatoms. The number of thiocarbonyl (C=S) groups is 1. The third-order valence-electron chi connectivity index (χ3n) is 3.72. The summed E-state index contributed by atoms with van der Waals surface area (Å²) >= 11 is 17.3. The maximum Gasteiger partial charge on any atom is 0.261 e. The first-order valence-corrected chi connectivity index (χ1v) is 10.8. The summed E-state index contributed by atoms with van der Waals surface area (Å²) in [6, 6.07) is 16.0. The molecule has 0 spiro atoms. The Morgan fingerprint density at radius 3 is 2.14 bits per heavy atom. The fourth-order valence-electron chi connectivity index (χ4n) is 2.37. The SMILES string of the molecule is O=S(=O)(Nc1ccccc1NC(=S)Nc1ccc(Cl)cc1Cl)c1ccc(F)cc1. The number of anilines is 3. The molecule has 0 bridgehead atoms. The van der Waals surface area contributed by atoms with Crippen molar-refractivity contribution in [1.82, 2.24) is 0 Å². The van der Waals surface area contributed by atoms with Crippen molar-refractivity contribution in [2.75, 3.05) is 15.4 Å². The summed E-state index contributed by atoms with van der Waals surface area (Å²) in [4.78, 5) is -0.0673. The van der Waals surface area contributed by atoms with Crippen LogP contribution in [-0.2, 0) is 10.0 Å². The summed E-state index contributed by atoms with van der Waals surface area (Å²) in [5.74, 6) is -0.525. The van der Waals surface area contributed by atoms with E-state index in [-0.39, 0.29) is 15.7 Å². The van der Waals surface area contributed by atoms with Crippen LogP contribution in [0.1, 0.15) is 0 Å². The predicted octanol–water partition coefficient (Wildman–Crippen LogP) is 5.74. The van der Waals surface area contributed by atoms with Crippen molar-refractivity contribution in [2.45, 2.75) is 4.90 Å². The average molecular weight is 470 g/mol. The molecule has 3 aromatic carbocycles. The number of rotatable bonds is 5. The van der Waals surface area contributed by atoms with Gasteiger partial charge in [-0.05, 0) is 66.8 Å². The zero-order valence-corrected chi connectivity index (χ0v) is 17.8. The van der Waals surface area contributed by atoms with Gasteiger partial charge in [0.25, 0.3) is 10.0 Å². The Labute approximate surface area is 182 Å². The molecular formula is C19H14Cl2FN3O2S2. The van der Waals surface area contributed by atoms with E-state index in [2.05, 4.69) is 15.4 Å². The van der Waals surface area contributed by atoms with Gasteiger partial charge in [0, 0.05) is 5.02 Å².